The number of esters is 3. The van der Waals surface area contributed by atoms with Crippen molar-refractivity contribution in [3.05, 3.63) is 63.4 Å². The lowest BCUT2D eigenvalue weighted by atomic mass is 9.85. The lowest BCUT2D eigenvalue weighted by Crippen LogP contribution is -2.47. The first-order valence-corrected chi connectivity index (χ1v) is 14.2. The Morgan fingerprint density at radius 1 is 1.02 bits per heavy atom. The fourth-order valence-corrected chi connectivity index (χ4v) is 5.34. The van der Waals surface area contributed by atoms with Gasteiger partial charge in [-0.2, -0.15) is 0 Å². The number of benzene rings is 1. The van der Waals surface area contributed by atoms with E-state index in [0.717, 1.165) is 29.3 Å². The zero-order chi connectivity index (χ0) is 29.0. The van der Waals surface area contributed by atoms with Crippen molar-refractivity contribution in [3.63, 3.8) is 0 Å². The summed E-state index contributed by atoms with van der Waals surface area (Å²) in [5.41, 5.74) is 1.45. The van der Waals surface area contributed by atoms with Gasteiger partial charge in [-0.05, 0) is 37.5 Å². The molecule has 1 atom stereocenters. The first kappa shape index (κ1) is 28.5. The third kappa shape index (κ3) is 5.61. The average molecular weight is 563 g/mol. The summed E-state index contributed by atoms with van der Waals surface area (Å²) in [6.07, 6.45) is 2.16. The van der Waals surface area contributed by atoms with Crippen LogP contribution in [0.25, 0.3) is 22.3 Å². The molecule has 216 valence electrons. The first-order chi connectivity index (χ1) is 19.9. The SMILES string of the molecule is CCCCOCCOC(=O)CCCC(=O)O[C@]1(CC)C(=O)OCc2c1cc1n(c2=O)Cc2cc3ccccc3nc2-1. The second-order valence-electron chi connectivity index (χ2n) is 10.3. The number of carbonyl (C=O) groups is 3. The molecule has 5 rings (SSSR count). The Kier molecular flexibility index (Phi) is 8.49. The van der Waals surface area contributed by atoms with Crippen LogP contribution in [0, 0.1) is 0 Å². The number of carbonyl (C=O) groups excluding carboxylic acids is 3. The average Bonchev–Trinajstić information content (AvgIpc) is 3.33. The number of aromatic nitrogens is 2. The molecule has 10 heteroatoms. The molecule has 0 aliphatic carbocycles. The van der Waals surface area contributed by atoms with Gasteiger partial charge in [0, 0.05) is 36.0 Å². The molecule has 0 saturated carbocycles. The zero-order valence-electron chi connectivity index (χ0n) is 23.4. The van der Waals surface area contributed by atoms with Crippen LogP contribution in [0.2, 0.25) is 0 Å². The molecule has 2 aliphatic rings. The standard InChI is InChI=1S/C31H34N2O8/c1-3-5-13-38-14-15-39-26(34)11-8-12-27(35)41-31(4-2)23-17-25-28-21(16-20-9-6-7-10-24(20)32-28)18-33(25)29(36)22(23)19-40-30(31)37/h6-7,9-10,16-17H,3-5,8,11-15,18-19H2,1-2H3/t31-/m0/s1. The maximum Gasteiger partial charge on any atom is 0.355 e. The van der Waals surface area contributed by atoms with E-state index in [1.165, 1.54) is 0 Å². The van der Waals surface area contributed by atoms with E-state index in [1.807, 2.05) is 30.3 Å². The van der Waals surface area contributed by atoms with Gasteiger partial charge in [0.1, 0.15) is 13.2 Å². The number of hydrogen-bond acceptors (Lipinski definition) is 9. The third-order valence-corrected chi connectivity index (χ3v) is 7.57. The second-order valence-corrected chi connectivity index (χ2v) is 10.3. The van der Waals surface area contributed by atoms with E-state index < -0.39 is 23.5 Å². The molecule has 4 heterocycles. The maximum atomic E-state index is 13.6. The summed E-state index contributed by atoms with van der Waals surface area (Å²) >= 11 is 0. The van der Waals surface area contributed by atoms with E-state index >= 15 is 0 Å². The van der Waals surface area contributed by atoms with Crippen molar-refractivity contribution in [2.24, 2.45) is 0 Å². The topological polar surface area (TPSA) is 123 Å². The molecule has 0 spiro atoms. The molecule has 0 radical (unpaired) electrons. The van der Waals surface area contributed by atoms with E-state index in [4.69, 9.17) is 23.9 Å². The number of nitrogens with zero attached hydrogens (tertiary/aromatic N) is 2. The highest BCUT2D eigenvalue weighted by molar-refractivity contribution is 5.88. The van der Waals surface area contributed by atoms with Crippen molar-refractivity contribution >= 4 is 28.8 Å². The van der Waals surface area contributed by atoms with E-state index in [0.29, 0.717) is 36.7 Å². The number of ether oxygens (including phenoxy) is 4. The van der Waals surface area contributed by atoms with Crippen molar-refractivity contribution in [3.8, 4) is 11.4 Å². The smallest absolute Gasteiger partial charge is 0.355 e. The first-order valence-electron chi connectivity index (χ1n) is 14.2. The van der Waals surface area contributed by atoms with E-state index in [1.54, 1.807) is 17.6 Å². The zero-order valence-corrected chi connectivity index (χ0v) is 23.4. The van der Waals surface area contributed by atoms with Gasteiger partial charge in [0.25, 0.3) is 5.56 Å². The summed E-state index contributed by atoms with van der Waals surface area (Å²) in [6, 6.07) is 11.5. The van der Waals surface area contributed by atoms with Crippen LogP contribution < -0.4 is 5.56 Å². The van der Waals surface area contributed by atoms with Crippen LogP contribution in [-0.2, 0) is 52.1 Å². The van der Waals surface area contributed by atoms with Crippen LogP contribution in [0.5, 0.6) is 0 Å². The van der Waals surface area contributed by atoms with E-state index in [2.05, 4.69) is 6.92 Å². The summed E-state index contributed by atoms with van der Waals surface area (Å²) in [6.45, 7) is 5.02. The van der Waals surface area contributed by atoms with Crippen molar-refractivity contribution < 1.29 is 33.3 Å². The summed E-state index contributed by atoms with van der Waals surface area (Å²) in [4.78, 5) is 56.5. The maximum absolute atomic E-state index is 13.6. The van der Waals surface area contributed by atoms with Gasteiger partial charge in [0.2, 0.25) is 5.60 Å². The molecule has 1 aromatic carbocycles. The van der Waals surface area contributed by atoms with E-state index in [9.17, 15) is 19.2 Å². The molecule has 2 aromatic heterocycles. The van der Waals surface area contributed by atoms with Crippen LogP contribution in [0.4, 0.5) is 0 Å². The number of hydrogen-bond donors (Lipinski definition) is 0. The Morgan fingerprint density at radius 2 is 1.83 bits per heavy atom. The number of fused-ring (bicyclic) bond motifs is 5. The number of unbranched alkanes of at least 4 members (excludes halogenated alkanes) is 1. The molecule has 0 amide bonds. The molecule has 0 fully saturated rings. The Morgan fingerprint density at radius 3 is 2.63 bits per heavy atom. The number of para-hydroxylation sites is 1. The largest absolute Gasteiger partial charge is 0.463 e. The predicted molar refractivity (Wildman–Crippen MR) is 149 cm³/mol. The summed E-state index contributed by atoms with van der Waals surface area (Å²) in [7, 11) is 0. The molecule has 0 N–H and O–H groups in total. The van der Waals surface area contributed by atoms with Crippen molar-refractivity contribution in [1.82, 2.24) is 9.55 Å². The molecule has 0 bridgehead atoms. The number of rotatable bonds is 12. The lowest BCUT2D eigenvalue weighted by molar-refractivity contribution is -0.189. The Hall–Kier alpha value is -4.05. The number of pyridine rings is 2. The van der Waals surface area contributed by atoms with Gasteiger partial charge in [-0.1, -0.05) is 38.5 Å². The van der Waals surface area contributed by atoms with Crippen molar-refractivity contribution in [2.75, 3.05) is 19.8 Å². The van der Waals surface area contributed by atoms with Gasteiger partial charge in [-0.25, -0.2) is 9.78 Å². The van der Waals surface area contributed by atoms with Gasteiger partial charge in [0.15, 0.2) is 0 Å². The molecule has 3 aromatic rings. The quantitative estimate of drug-likeness (QED) is 0.142. The van der Waals surface area contributed by atoms with Crippen LogP contribution >= 0.6 is 0 Å². The third-order valence-electron chi connectivity index (χ3n) is 7.57. The number of cyclic esters (lactones) is 1. The molecule has 2 aliphatic heterocycles. The summed E-state index contributed by atoms with van der Waals surface area (Å²) in [5.74, 6) is -1.83. The van der Waals surface area contributed by atoms with Gasteiger partial charge in [-0.15, -0.1) is 0 Å². The highest BCUT2D eigenvalue weighted by Crippen LogP contribution is 2.41. The monoisotopic (exact) mass is 562 g/mol. The van der Waals surface area contributed by atoms with Gasteiger partial charge >= 0.3 is 17.9 Å². The van der Waals surface area contributed by atoms with Gasteiger partial charge < -0.3 is 23.5 Å². The molecule has 0 unspecified atom stereocenters. The van der Waals surface area contributed by atoms with Crippen LogP contribution in [0.15, 0.2) is 41.2 Å². The normalized spacial score (nSPS) is 17.0. The Labute approximate surface area is 237 Å². The minimum atomic E-state index is -1.77. The van der Waals surface area contributed by atoms with Crippen LogP contribution in [0.3, 0.4) is 0 Å². The van der Waals surface area contributed by atoms with Crippen LogP contribution in [-0.4, -0.2) is 47.3 Å². The van der Waals surface area contributed by atoms with Gasteiger partial charge in [0.05, 0.1) is 35.6 Å². The fourth-order valence-electron chi connectivity index (χ4n) is 5.34. The van der Waals surface area contributed by atoms with Crippen molar-refractivity contribution in [2.45, 2.75) is 71.1 Å². The van der Waals surface area contributed by atoms with E-state index in [-0.39, 0.29) is 50.0 Å². The molecule has 10 nitrogen and oxygen atoms in total. The predicted octanol–water partition coefficient (Wildman–Crippen LogP) is 4.16. The highest BCUT2D eigenvalue weighted by atomic mass is 16.6. The second kappa shape index (κ2) is 12.2. The van der Waals surface area contributed by atoms with Crippen molar-refractivity contribution in [1.29, 1.82) is 0 Å². The summed E-state index contributed by atoms with van der Waals surface area (Å²) < 4.78 is 23.3. The van der Waals surface area contributed by atoms with Crippen LogP contribution in [0.1, 0.15) is 69.1 Å². The minimum Gasteiger partial charge on any atom is -0.463 e. The Balaban J connectivity index is 1.32. The Bertz CT molecular complexity index is 1550. The lowest BCUT2D eigenvalue weighted by Gasteiger charge is -2.35. The minimum absolute atomic E-state index is 0.0233. The molecular weight excluding hydrogens is 528 g/mol. The summed E-state index contributed by atoms with van der Waals surface area (Å²) in [5, 5.41) is 0.969. The molecule has 41 heavy (non-hydrogen) atoms. The highest BCUT2D eigenvalue weighted by Gasteiger charge is 2.50. The molecular formula is C31H34N2O8. The van der Waals surface area contributed by atoms with Gasteiger partial charge in [-0.3, -0.25) is 14.4 Å². The molecule has 0 saturated heterocycles. The fraction of sp³-hybridized carbons (Fsp3) is 0.452.